The van der Waals surface area contributed by atoms with Gasteiger partial charge in [-0.1, -0.05) is 44.5 Å². The van der Waals surface area contributed by atoms with Crippen LogP contribution in [0.4, 0.5) is 0 Å². The molecule has 32 heavy (non-hydrogen) atoms. The Morgan fingerprint density at radius 2 is 1.50 bits per heavy atom. The summed E-state index contributed by atoms with van der Waals surface area (Å²) in [7, 11) is -7.28. The van der Waals surface area contributed by atoms with Crippen molar-refractivity contribution in [1.82, 2.24) is 9.62 Å². The number of amides is 1. The highest BCUT2D eigenvalue weighted by molar-refractivity contribution is 7.92. The lowest BCUT2D eigenvalue weighted by Crippen LogP contribution is -2.57. The van der Waals surface area contributed by atoms with Gasteiger partial charge in [-0.25, -0.2) is 21.6 Å². The SMILES string of the molecule is CC(C)(C)c1ccc(S(=O)(=O)NCCC(=O)N2CC(S(=O)(=O)c3ccc(Cl)cc3)C2)cc1. The fraction of sp³-hybridized carbons (Fsp3) is 0.409. The van der Waals surface area contributed by atoms with Crippen molar-refractivity contribution in [2.24, 2.45) is 0 Å². The smallest absolute Gasteiger partial charge is 0.240 e. The summed E-state index contributed by atoms with van der Waals surface area (Å²) in [5, 5.41) is -0.229. The van der Waals surface area contributed by atoms with Crippen molar-refractivity contribution in [3.8, 4) is 0 Å². The zero-order chi connectivity index (χ0) is 23.7. The maximum Gasteiger partial charge on any atom is 0.240 e. The molecular weight excluding hydrogens is 472 g/mol. The van der Waals surface area contributed by atoms with Gasteiger partial charge in [-0.2, -0.15) is 0 Å². The highest BCUT2D eigenvalue weighted by atomic mass is 35.5. The van der Waals surface area contributed by atoms with Gasteiger partial charge in [0, 0.05) is 31.1 Å². The molecule has 0 aliphatic carbocycles. The quantitative estimate of drug-likeness (QED) is 0.632. The van der Waals surface area contributed by atoms with Crippen molar-refractivity contribution in [1.29, 1.82) is 0 Å². The van der Waals surface area contributed by atoms with Crippen molar-refractivity contribution in [3.05, 3.63) is 59.1 Å². The first-order chi connectivity index (χ1) is 14.8. The summed E-state index contributed by atoms with van der Waals surface area (Å²) in [6.45, 7) is 6.24. The number of sulfone groups is 1. The number of hydrogen-bond acceptors (Lipinski definition) is 5. The first-order valence-electron chi connectivity index (χ1n) is 10.2. The largest absolute Gasteiger partial charge is 0.340 e. The standard InChI is InChI=1S/C22H27ClN2O5S2/c1-22(2,3)16-4-8-19(9-5-16)32(29,30)24-13-12-21(26)25-14-20(15-25)31(27,28)18-10-6-17(23)7-11-18/h4-11,20,24H,12-15H2,1-3H3. The Labute approximate surface area is 194 Å². The Morgan fingerprint density at radius 1 is 0.969 bits per heavy atom. The Balaban J connectivity index is 1.50. The van der Waals surface area contributed by atoms with Gasteiger partial charge in [0.25, 0.3) is 0 Å². The van der Waals surface area contributed by atoms with Crippen molar-refractivity contribution in [2.45, 2.75) is 47.6 Å². The molecule has 0 aromatic heterocycles. The lowest BCUT2D eigenvalue weighted by Gasteiger charge is -2.38. The third-order valence-electron chi connectivity index (χ3n) is 5.44. The fourth-order valence-corrected chi connectivity index (χ4v) is 6.13. The van der Waals surface area contributed by atoms with Gasteiger partial charge in [0.15, 0.2) is 9.84 Å². The number of benzene rings is 2. The first kappa shape index (κ1) is 24.7. The molecule has 2 aromatic rings. The van der Waals surface area contributed by atoms with Gasteiger partial charge in [-0.15, -0.1) is 0 Å². The van der Waals surface area contributed by atoms with Gasteiger partial charge < -0.3 is 4.90 Å². The van der Waals surface area contributed by atoms with E-state index in [-0.39, 0.29) is 47.2 Å². The number of hydrogen-bond donors (Lipinski definition) is 1. The van der Waals surface area contributed by atoms with E-state index in [1.807, 2.05) is 20.8 Å². The van der Waals surface area contributed by atoms with Gasteiger partial charge in [0.2, 0.25) is 15.9 Å². The predicted octanol–water partition coefficient (Wildman–Crippen LogP) is 2.99. The Kier molecular flexibility index (Phi) is 7.05. The highest BCUT2D eigenvalue weighted by Gasteiger charge is 2.40. The minimum Gasteiger partial charge on any atom is -0.340 e. The van der Waals surface area contributed by atoms with E-state index >= 15 is 0 Å². The molecule has 0 bridgehead atoms. The molecule has 1 heterocycles. The monoisotopic (exact) mass is 498 g/mol. The Hall–Kier alpha value is -1.94. The molecule has 0 spiro atoms. The number of likely N-dealkylation sites (tertiary alicyclic amines) is 1. The Morgan fingerprint density at radius 3 is 2.03 bits per heavy atom. The van der Waals surface area contributed by atoms with Crippen molar-refractivity contribution in [3.63, 3.8) is 0 Å². The normalized spacial score (nSPS) is 15.4. The molecule has 1 saturated heterocycles. The molecule has 2 aromatic carbocycles. The van der Waals surface area contributed by atoms with Crippen molar-refractivity contribution < 1.29 is 21.6 Å². The first-order valence-corrected chi connectivity index (χ1v) is 13.6. The third kappa shape index (κ3) is 5.51. The molecule has 0 atom stereocenters. The summed E-state index contributed by atoms with van der Waals surface area (Å²) < 4.78 is 52.6. The molecule has 10 heteroatoms. The van der Waals surface area contributed by atoms with E-state index in [9.17, 15) is 21.6 Å². The lowest BCUT2D eigenvalue weighted by atomic mass is 9.87. The average molecular weight is 499 g/mol. The van der Waals surface area contributed by atoms with E-state index in [0.717, 1.165) is 5.56 Å². The third-order valence-corrected chi connectivity index (χ3v) is 9.28. The van der Waals surface area contributed by atoms with Crippen LogP contribution in [-0.4, -0.2) is 52.5 Å². The highest BCUT2D eigenvalue weighted by Crippen LogP contribution is 2.26. The van der Waals surface area contributed by atoms with Gasteiger partial charge >= 0.3 is 0 Å². The molecule has 0 saturated carbocycles. The summed E-state index contributed by atoms with van der Waals surface area (Å²) >= 11 is 5.80. The molecule has 174 valence electrons. The maximum absolute atomic E-state index is 12.6. The van der Waals surface area contributed by atoms with Gasteiger partial charge in [-0.05, 0) is 47.4 Å². The molecular formula is C22H27ClN2O5S2. The van der Waals surface area contributed by atoms with Crippen molar-refractivity contribution in [2.75, 3.05) is 19.6 Å². The molecule has 1 fully saturated rings. The summed E-state index contributed by atoms with van der Waals surface area (Å²) in [6.07, 6.45) is -0.0486. The molecule has 7 nitrogen and oxygen atoms in total. The van der Waals surface area contributed by atoms with E-state index in [1.165, 1.54) is 29.2 Å². The van der Waals surface area contributed by atoms with Crippen LogP contribution in [0.2, 0.25) is 5.02 Å². The number of nitrogens with one attached hydrogen (secondary N) is 1. The van der Waals surface area contributed by atoms with Crippen LogP contribution in [0.3, 0.4) is 0 Å². The summed E-state index contributed by atoms with van der Waals surface area (Å²) in [4.78, 5) is 14.1. The van der Waals surface area contributed by atoms with Crippen LogP contribution >= 0.6 is 11.6 Å². The number of carbonyl (C=O) groups is 1. The molecule has 1 N–H and O–H groups in total. The zero-order valence-corrected chi connectivity index (χ0v) is 20.6. The van der Waals surface area contributed by atoms with Crippen LogP contribution in [0.5, 0.6) is 0 Å². The number of carbonyl (C=O) groups excluding carboxylic acids is 1. The maximum atomic E-state index is 12.6. The molecule has 0 unspecified atom stereocenters. The second-order valence-electron chi connectivity index (χ2n) is 8.84. The van der Waals surface area contributed by atoms with E-state index in [1.54, 1.807) is 24.3 Å². The van der Waals surface area contributed by atoms with Crippen LogP contribution in [0.15, 0.2) is 58.3 Å². The number of nitrogens with zero attached hydrogens (tertiary/aromatic N) is 1. The van der Waals surface area contributed by atoms with Crippen LogP contribution in [0.1, 0.15) is 32.8 Å². The van der Waals surface area contributed by atoms with E-state index in [2.05, 4.69) is 4.72 Å². The second kappa shape index (κ2) is 9.13. The topological polar surface area (TPSA) is 101 Å². The summed E-state index contributed by atoms with van der Waals surface area (Å²) in [6, 6.07) is 12.6. The van der Waals surface area contributed by atoms with Crippen LogP contribution in [-0.2, 0) is 30.1 Å². The molecule has 1 aliphatic heterocycles. The fourth-order valence-electron chi connectivity index (χ4n) is 3.32. The lowest BCUT2D eigenvalue weighted by molar-refractivity contribution is -0.134. The molecule has 1 amide bonds. The number of rotatable bonds is 7. The van der Waals surface area contributed by atoms with Crippen molar-refractivity contribution >= 4 is 37.4 Å². The zero-order valence-electron chi connectivity index (χ0n) is 18.2. The van der Waals surface area contributed by atoms with Gasteiger partial charge in [0.1, 0.15) is 5.25 Å². The minimum atomic E-state index is -3.73. The average Bonchev–Trinajstić information content (AvgIpc) is 2.66. The summed E-state index contributed by atoms with van der Waals surface area (Å²) in [5.41, 5.74) is 0.936. The second-order valence-corrected chi connectivity index (χ2v) is 13.3. The minimum absolute atomic E-state index is 0.0486. The molecule has 3 rings (SSSR count). The van der Waals surface area contributed by atoms with E-state index in [4.69, 9.17) is 11.6 Å². The number of halogens is 1. The van der Waals surface area contributed by atoms with Crippen LogP contribution in [0.25, 0.3) is 0 Å². The van der Waals surface area contributed by atoms with Gasteiger partial charge in [-0.3, -0.25) is 4.79 Å². The number of sulfonamides is 1. The van der Waals surface area contributed by atoms with E-state index < -0.39 is 25.1 Å². The van der Waals surface area contributed by atoms with E-state index in [0.29, 0.717) is 5.02 Å². The molecule has 1 aliphatic rings. The summed E-state index contributed by atoms with van der Waals surface area (Å²) in [5.74, 6) is -0.293. The predicted molar refractivity (Wildman–Crippen MR) is 124 cm³/mol. The Bertz CT molecular complexity index is 1180. The van der Waals surface area contributed by atoms with Crippen LogP contribution in [0, 0.1) is 0 Å². The molecule has 0 radical (unpaired) electrons. The van der Waals surface area contributed by atoms with Gasteiger partial charge in [0.05, 0.1) is 9.79 Å². The van der Waals surface area contributed by atoms with Crippen LogP contribution < -0.4 is 4.72 Å².